The molecule has 1 rings (SSSR count). The minimum atomic E-state index is -1.11. The van der Waals surface area contributed by atoms with E-state index in [1.165, 1.54) is 6.07 Å². The highest BCUT2D eigenvalue weighted by Crippen LogP contribution is 2.14. The van der Waals surface area contributed by atoms with E-state index in [0.29, 0.717) is 5.69 Å². The predicted octanol–water partition coefficient (Wildman–Crippen LogP) is -0.131. The van der Waals surface area contributed by atoms with Crippen LogP contribution >= 0.6 is 11.8 Å². The third-order valence-electron chi connectivity index (χ3n) is 2.31. The number of anilines is 1. The number of amides is 2. The number of carboxylic acids is 1. The van der Waals surface area contributed by atoms with Crippen LogP contribution in [0.3, 0.4) is 0 Å². The van der Waals surface area contributed by atoms with Crippen molar-refractivity contribution in [2.24, 2.45) is 11.5 Å². The first kappa shape index (κ1) is 16.0. The Kier molecular flexibility index (Phi) is 6.01. The summed E-state index contributed by atoms with van der Waals surface area (Å²) in [5.41, 5.74) is 11.0. The molecular weight excluding hydrogens is 282 g/mol. The second kappa shape index (κ2) is 7.51. The van der Waals surface area contributed by atoms with Crippen molar-refractivity contribution < 1.29 is 19.5 Å². The number of carbonyl (C=O) groups is 3. The van der Waals surface area contributed by atoms with Crippen LogP contribution in [-0.4, -0.2) is 40.4 Å². The van der Waals surface area contributed by atoms with E-state index in [0.717, 1.165) is 11.8 Å². The lowest BCUT2D eigenvalue weighted by atomic mass is 10.1. The highest BCUT2D eigenvalue weighted by Gasteiger charge is 2.13. The first-order chi connectivity index (χ1) is 9.41. The Bertz CT molecular complexity index is 521. The van der Waals surface area contributed by atoms with E-state index in [1.807, 2.05) is 0 Å². The predicted molar refractivity (Wildman–Crippen MR) is 76.5 cm³/mol. The van der Waals surface area contributed by atoms with E-state index in [4.69, 9.17) is 16.6 Å². The SMILES string of the molecule is NC(=O)c1ccccc1NC(=O)CSC[C@H](N)C(=O)O. The number of benzene rings is 1. The number of primary amides is 1. The highest BCUT2D eigenvalue weighted by molar-refractivity contribution is 8.00. The standard InChI is InChI=1S/C12H15N3O4S/c13-8(12(18)19)5-20-6-10(16)15-9-4-2-1-3-7(9)11(14)17/h1-4,8H,5-6,13H2,(H2,14,17)(H,15,16)(H,18,19)/t8-/m0/s1. The zero-order chi connectivity index (χ0) is 15.1. The molecule has 0 saturated heterocycles. The van der Waals surface area contributed by atoms with Crippen LogP contribution in [0.15, 0.2) is 24.3 Å². The fraction of sp³-hybridized carbons (Fsp3) is 0.250. The molecule has 0 unspecified atom stereocenters. The summed E-state index contributed by atoms with van der Waals surface area (Å²) in [6, 6.07) is 5.36. The lowest BCUT2D eigenvalue weighted by Crippen LogP contribution is -2.33. The molecule has 8 heteroatoms. The molecule has 20 heavy (non-hydrogen) atoms. The topological polar surface area (TPSA) is 136 Å². The Hall–Kier alpha value is -2.06. The summed E-state index contributed by atoms with van der Waals surface area (Å²) in [5, 5.41) is 11.1. The normalized spacial score (nSPS) is 11.7. The highest BCUT2D eigenvalue weighted by atomic mass is 32.2. The van der Waals surface area contributed by atoms with Gasteiger partial charge < -0.3 is 21.9 Å². The van der Waals surface area contributed by atoms with E-state index in [9.17, 15) is 14.4 Å². The maximum Gasteiger partial charge on any atom is 0.321 e. The molecule has 0 aliphatic rings. The summed E-state index contributed by atoms with van der Waals surface area (Å²) in [6.45, 7) is 0. The molecule has 0 aliphatic carbocycles. The van der Waals surface area contributed by atoms with Crippen LogP contribution in [-0.2, 0) is 9.59 Å². The maximum atomic E-state index is 11.7. The van der Waals surface area contributed by atoms with Crippen LogP contribution in [0.4, 0.5) is 5.69 Å². The minimum Gasteiger partial charge on any atom is -0.480 e. The second-order valence-electron chi connectivity index (χ2n) is 3.92. The van der Waals surface area contributed by atoms with Gasteiger partial charge in [-0.15, -0.1) is 11.8 Å². The number of nitrogens with one attached hydrogen (secondary N) is 1. The molecule has 1 aromatic rings. The average molecular weight is 297 g/mol. The number of thioether (sulfide) groups is 1. The van der Waals surface area contributed by atoms with Gasteiger partial charge in [0.05, 0.1) is 17.0 Å². The van der Waals surface area contributed by atoms with Gasteiger partial charge in [-0.25, -0.2) is 0 Å². The van der Waals surface area contributed by atoms with Crippen molar-refractivity contribution in [3.05, 3.63) is 29.8 Å². The molecule has 1 aromatic carbocycles. The monoisotopic (exact) mass is 297 g/mol. The van der Waals surface area contributed by atoms with Gasteiger partial charge >= 0.3 is 5.97 Å². The molecule has 1 atom stereocenters. The molecule has 0 aliphatic heterocycles. The minimum absolute atomic E-state index is 0.0358. The Morgan fingerprint density at radius 3 is 2.55 bits per heavy atom. The van der Waals surface area contributed by atoms with Gasteiger partial charge in [0.2, 0.25) is 5.91 Å². The number of hydrogen-bond donors (Lipinski definition) is 4. The van der Waals surface area contributed by atoms with Crippen LogP contribution < -0.4 is 16.8 Å². The molecule has 0 heterocycles. The molecule has 0 spiro atoms. The number of carboxylic acid groups (broad SMARTS) is 1. The molecule has 0 aromatic heterocycles. The molecule has 0 bridgehead atoms. The van der Waals surface area contributed by atoms with Gasteiger partial charge in [-0.2, -0.15) is 0 Å². The average Bonchev–Trinajstić information content (AvgIpc) is 2.38. The maximum absolute atomic E-state index is 11.7. The Labute approximate surface area is 119 Å². The van der Waals surface area contributed by atoms with Crippen molar-refractivity contribution in [3.8, 4) is 0 Å². The number of rotatable bonds is 7. The van der Waals surface area contributed by atoms with Gasteiger partial charge in [0.1, 0.15) is 6.04 Å². The Morgan fingerprint density at radius 2 is 1.95 bits per heavy atom. The first-order valence-corrected chi connectivity index (χ1v) is 6.82. The van der Waals surface area contributed by atoms with Gasteiger partial charge in [0, 0.05) is 5.75 Å². The second-order valence-corrected chi connectivity index (χ2v) is 4.95. The van der Waals surface area contributed by atoms with Crippen molar-refractivity contribution >= 4 is 35.2 Å². The van der Waals surface area contributed by atoms with E-state index in [-0.39, 0.29) is 23.0 Å². The van der Waals surface area contributed by atoms with Crippen LogP contribution in [0.1, 0.15) is 10.4 Å². The summed E-state index contributed by atoms with van der Waals surface area (Å²) >= 11 is 1.10. The molecule has 7 nitrogen and oxygen atoms in total. The quantitative estimate of drug-likeness (QED) is 0.553. The van der Waals surface area contributed by atoms with Crippen LogP contribution in [0.5, 0.6) is 0 Å². The fourth-order valence-electron chi connectivity index (χ4n) is 1.34. The number of para-hydroxylation sites is 1. The van der Waals surface area contributed by atoms with Crippen molar-refractivity contribution in [1.29, 1.82) is 0 Å². The Morgan fingerprint density at radius 1 is 1.30 bits per heavy atom. The lowest BCUT2D eigenvalue weighted by Gasteiger charge is -2.09. The third kappa shape index (κ3) is 4.90. The van der Waals surface area contributed by atoms with Crippen LogP contribution in [0.25, 0.3) is 0 Å². The largest absolute Gasteiger partial charge is 0.480 e. The van der Waals surface area contributed by atoms with E-state index in [1.54, 1.807) is 18.2 Å². The van der Waals surface area contributed by atoms with E-state index < -0.39 is 17.9 Å². The summed E-state index contributed by atoms with van der Waals surface area (Å²) in [5.74, 6) is -1.95. The molecular formula is C12H15N3O4S. The lowest BCUT2D eigenvalue weighted by molar-refractivity contribution is -0.137. The van der Waals surface area contributed by atoms with Gasteiger partial charge in [0.25, 0.3) is 5.91 Å². The molecule has 2 amide bonds. The number of nitrogens with two attached hydrogens (primary N) is 2. The van der Waals surface area contributed by atoms with Gasteiger partial charge in [-0.05, 0) is 12.1 Å². The summed E-state index contributed by atoms with van der Waals surface area (Å²) in [6.07, 6.45) is 0. The molecule has 6 N–H and O–H groups in total. The molecule has 0 fully saturated rings. The first-order valence-electron chi connectivity index (χ1n) is 5.66. The van der Waals surface area contributed by atoms with Crippen molar-refractivity contribution in [3.63, 3.8) is 0 Å². The Balaban J connectivity index is 2.51. The third-order valence-corrected chi connectivity index (χ3v) is 3.38. The number of aliphatic carboxylic acids is 1. The van der Waals surface area contributed by atoms with Crippen LogP contribution in [0, 0.1) is 0 Å². The van der Waals surface area contributed by atoms with Crippen molar-refractivity contribution in [1.82, 2.24) is 0 Å². The molecule has 0 saturated carbocycles. The van der Waals surface area contributed by atoms with E-state index >= 15 is 0 Å². The van der Waals surface area contributed by atoms with Gasteiger partial charge in [-0.1, -0.05) is 12.1 Å². The molecule has 108 valence electrons. The number of carbonyl (C=O) groups excluding carboxylic acids is 2. The number of hydrogen-bond acceptors (Lipinski definition) is 5. The summed E-state index contributed by atoms with van der Waals surface area (Å²) < 4.78 is 0. The van der Waals surface area contributed by atoms with Crippen LogP contribution in [0.2, 0.25) is 0 Å². The zero-order valence-corrected chi connectivity index (χ0v) is 11.4. The van der Waals surface area contributed by atoms with Crippen molar-refractivity contribution in [2.75, 3.05) is 16.8 Å². The fourth-order valence-corrected chi connectivity index (χ4v) is 2.12. The summed E-state index contributed by atoms with van der Waals surface area (Å²) in [4.78, 5) is 33.3. The van der Waals surface area contributed by atoms with Gasteiger partial charge in [-0.3, -0.25) is 14.4 Å². The van der Waals surface area contributed by atoms with Crippen molar-refractivity contribution in [2.45, 2.75) is 6.04 Å². The summed E-state index contributed by atoms with van der Waals surface area (Å²) in [7, 11) is 0. The smallest absolute Gasteiger partial charge is 0.321 e. The molecule has 0 radical (unpaired) electrons. The zero-order valence-electron chi connectivity index (χ0n) is 10.5. The van der Waals surface area contributed by atoms with E-state index in [2.05, 4.69) is 5.32 Å². The van der Waals surface area contributed by atoms with Gasteiger partial charge in [0.15, 0.2) is 0 Å².